The molecule has 0 spiro atoms. The van der Waals surface area contributed by atoms with E-state index in [4.69, 9.17) is 0 Å². The van der Waals surface area contributed by atoms with E-state index in [1.54, 1.807) is 18.2 Å². The van der Waals surface area contributed by atoms with Crippen LogP contribution >= 0.6 is 0 Å². The zero-order valence-electron chi connectivity index (χ0n) is 15.6. The number of amides is 1. The molecule has 1 amide bonds. The van der Waals surface area contributed by atoms with Gasteiger partial charge in [0, 0.05) is 25.6 Å². The van der Waals surface area contributed by atoms with Gasteiger partial charge >= 0.3 is 0 Å². The molecule has 0 bridgehead atoms. The first-order valence-electron chi connectivity index (χ1n) is 9.25. The van der Waals surface area contributed by atoms with Crippen LogP contribution < -0.4 is 5.32 Å². The van der Waals surface area contributed by atoms with Crippen LogP contribution in [0.3, 0.4) is 0 Å². The minimum absolute atomic E-state index is 0.0314. The van der Waals surface area contributed by atoms with E-state index in [1.165, 1.54) is 6.07 Å². The monoisotopic (exact) mass is 426 g/mol. The van der Waals surface area contributed by atoms with Crippen molar-refractivity contribution in [2.75, 3.05) is 19.6 Å². The molecule has 9 heteroatoms. The maximum Gasteiger partial charge on any atom is 0.246 e. The Morgan fingerprint density at radius 2 is 1.72 bits per heavy atom. The molecule has 0 aliphatic carbocycles. The van der Waals surface area contributed by atoms with Gasteiger partial charge in [0.05, 0.1) is 0 Å². The lowest BCUT2D eigenvalue weighted by molar-refractivity contribution is -0.126. The number of hydrogen-bond donors (Lipinski definition) is 1. The maximum absolute atomic E-state index is 13.9. The van der Waals surface area contributed by atoms with Gasteiger partial charge in [0.2, 0.25) is 15.9 Å². The van der Waals surface area contributed by atoms with Gasteiger partial charge in [0.1, 0.15) is 22.3 Å². The van der Waals surface area contributed by atoms with E-state index >= 15 is 0 Å². The average Bonchev–Trinajstić information content (AvgIpc) is 2.71. The third-order valence-electron chi connectivity index (χ3n) is 4.99. The SMILES string of the molecule is O=C(NCCc1ccccc1F)C1CCN(S(=O)(=O)c2cc(F)ccc2F)CC1. The highest BCUT2D eigenvalue weighted by Gasteiger charge is 2.33. The Bertz CT molecular complexity index is 990. The summed E-state index contributed by atoms with van der Waals surface area (Å²) in [7, 11) is -4.18. The Kier molecular flexibility index (Phi) is 6.59. The van der Waals surface area contributed by atoms with Crippen LogP contribution in [0.4, 0.5) is 13.2 Å². The predicted molar refractivity (Wildman–Crippen MR) is 101 cm³/mol. The van der Waals surface area contributed by atoms with Crippen molar-refractivity contribution in [1.29, 1.82) is 0 Å². The molecular weight excluding hydrogens is 405 g/mol. The summed E-state index contributed by atoms with van der Waals surface area (Å²) >= 11 is 0. The number of sulfonamides is 1. The lowest BCUT2D eigenvalue weighted by Crippen LogP contribution is -2.43. The van der Waals surface area contributed by atoms with Gasteiger partial charge in [0.15, 0.2) is 0 Å². The van der Waals surface area contributed by atoms with E-state index in [0.29, 0.717) is 18.1 Å². The molecule has 0 radical (unpaired) electrons. The van der Waals surface area contributed by atoms with Crippen molar-refractivity contribution < 1.29 is 26.4 Å². The van der Waals surface area contributed by atoms with E-state index < -0.39 is 26.6 Å². The summed E-state index contributed by atoms with van der Waals surface area (Å²) < 4.78 is 67.0. The highest BCUT2D eigenvalue weighted by molar-refractivity contribution is 7.89. The van der Waals surface area contributed by atoms with Crippen molar-refractivity contribution in [3.63, 3.8) is 0 Å². The Hall–Kier alpha value is -2.39. The van der Waals surface area contributed by atoms with Crippen molar-refractivity contribution in [3.8, 4) is 0 Å². The number of nitrogens with zero attached hydrogens (tertiary/aromatic N) is 1. The number of carbonyl (C=O) groups excluding carboxylic acids is 1. The quantitative estimate of drug-likeness (QED) is 0.773. The van der Waals surface area contributed by atoms with Gasteiger partial charge in [-0.25, -0.2) is 21.6 Å². The van der Waals surface area contributed by atoms with Gasteiger partial charge < -0.3 is 5.32 Å². The fourth-order valence-corrected chi connectivity index (χ4v) is 4.88. The molecule has 156 valence electrons. The number of hydrogen-bond acceptors (Lipinski definition) is 3. The molecule has 1 heterocycles. The van der Waals surface area contributed by atoms with Crippen LogP contribution in [-0.2, 0) is 21.2 Å². The first-order valence-corrected chi connectivity index (χ1v) is 10.7. The van der Waals surface area contributed by atoms with Gasteiger partial charge in [-0.15, -0.1) is 0 Å². The van der Waals surface area contributed by atoms with Crippen molar-refractivity contribution in [2.24, 2.45) is 5.92 Å². The number of halogens is 3. The second kappa shape index (κ2) is 8.96. The van der Waals surface area contributed by atoms with Crippen molar-refractivity contribution in [3.05, 3.63) is 65.5 Å². The molecule has 29 heavy (non-hydrogen) atoms. The Morgan fingerprint density at radius 3 is 2.41 bits per heavy atom. The summed E-state index contributed by atoms with van der Waals surface area (Å²) in [6, 6.07) is 8.61. The molecular formula is C20H21F3N2O3S. The molecule has 0 saturated carbocycles. The van der Waals surface area contributed by atoms with Crippen LogP contribution in [0.2, 0.25) is 0 Å². The predicted octanol–water partition coefficient (Wildman–Crippen LogP) is 2.86. The number of rotatable bonds is 6. The summed E-state index contributed by atoms with van der Waals surface area (Å²) in [6.07, 6.45) is 0.883. The van der Waals surface area contributed by atoms with Crippen molar-refractivity contribution in [2.45, 2.75) is 24.2 Å². The molecule has 0 atom stereocenters. The molecule has 2 aromatic rings. The average molecular weight is 426 g/mol. The summed E-state index contributed by atoms with van der Waals surface area (Å²) in [5.74, 6) is -2.80. The van der Waals surface area contributed by atoms with E-state index in [-0.39, 0.29) is 50.1 Å². The van der Waals surface area contributed by atoms with Gasteiger partial charge in [-0.3, -0.25) is 4.79 Å². The smallest absolute Gasteiger partial charge is 0.246 e. The molecule has 3 rings (SSSR count). The molecule has 1 saturated heterocycles. The van der Waals surface area contributed by atoms with E-state index in [2.05, 4.69) is 5.32 Å². The first-order chi connectivity index (χ1) is 13.8. The molecule has 2 aromatic carbocycles. The number of benzene rings is 2. The van der Waals surface area contributed by atoms with Gasteiger partial charge in [-0.05, 0) is 49.1 Å². The normalized spacial score (nSPS) is 16.0. The fourth-order valence-electron chi connectivity index (χ4n) is 3.34. The first kappa shape index (κ1) is 21.3. The summed E-state index contributed by atoms with van der Waals surface area (Å²) in [6.45, 7) is 0.333. The topological polar surface area (TPSA) is 66.5 Å². The van der Waals surface area contributed by atoms with Crippen molar-refractivity contribution in [1.82, 2.24) is 9.62 Å². The van der Waals surface area contributed by atoms with Gasteiger partial charge in [0.25, 0.3) is 0 Å². The maximum atomic E-state index is 13.9. The molecule has 0 unspecified atom stereocenters. The largest absolute Gasteiger partial charge is 0.356 e. The molecule has 1 aliphatic rings. The summed E-state index contributed by atoms with van der Waals surface area (Å²) in [5.41, 5.74) is 0.505. The highest BCUT2D eigenvalue weighted by atomic mass is 32.2. The van der Waals surface area contributed by atoms with E-state index in [1.807, 2.05) is 0 Å². The van der Waals surface area contributed by atoms with Crippen LogP contribution in [0.1, 0.15) is 18.4 Å². The fraction of sp³-hybridized carbons (Fsp3) is 0.350. The minimum atomic E-state index is -4.18. The lowest BCUT2D eigenvalue weighted by atomic mass is 9.97. The van der Waals surface area contributed by atoms with E-state index in [9.17, 15) is 26.4 Å². The summed E-state index contributed by atoms with van der Waals surface area (Å²) in [5, 5.41) is 2.75. The number of nitrogens with one attached hydrogen (secondary N) is 1. The molecule has 0 aromatic heterocycles. The minimum Gasteiger partial charge on any atom is -0.356 e. The van der Waals surface area contributed by atoms with Crippen LogP contribution in [-0.4, -0.2) is 38.3 Å². The molecule has 1 N–H and O–H groups in total. The van der Waals surface area contributed by atoms with Crippen molar-refractivity contribution >= 4 is 15.9 Å². The number of carbonyl (C=O) groups is 1. The third-order valence-corrected chi connectivity index (χ3v) is 6.90. The third kappa shape index (κ3) is 4.97. The molecule has 1 fully saturated rings. The van der Waals surface area contributed by atoms with Gasteiger partial charge in [-0.2, -0.15) is 4.31 Å². The Balaban J connectivity index is 1.54. The standard InChI is InChI=1S/C20H21F3N2O3S/c21-16-5-6-18(23)19(13-16)29(27,28)25-11-8-15(9-12-25)20(26)24-10-7-14-3-1-2-4-17(14)22/h1-6,13,15H,7-12H2,(H,24,26). The lowest BCUT2D eigenvalue weighted by Gasteiger charge is -2.30. The van der Waals surface area contributed by atoms with Crippen LogP contribution in [0.5, 0.6) is 0 Å². The van der Waals surface area contributed by atoms with Crippen LogP contribution in [0, 0.1) is 23.4 Å². The van der Waals surface area contributed by atoms with Gasteiger partial charge in [-0.1, -0.05) is 18.2 Å². The second-order valence-electron chi connectivity index (χ2n) is 6.89. The summed E-state index contributed by atoms with van der Waals surface area (Å²) in [4.78, 5) is 11.6. The molecule has 1 aliphatic heterocycles. The molecule has 5 nitrogen and oxygen atoms in total. The Labute approximate surface area is 167 Å². The van der Waals surface area contributed by atoms with Crippen LogP contribution in [0.25, 0.3) is 0 Å². The van der Waals surface area contributed by atoms with Crippen LogP contribution in [0.15, 0.2) is 47.4 Å². The highest BCUT2D eigenvalue weighted by Crippen LogP contribution is 2.26. The zero-order chi connectivity index (χ0) is 21.0. The number of piperidine rings is 1. The second-order valence-corrected chi connectivity index (χ2v) is 8.79. The Morgan fingerprint density at radius 1 is 1.03 bits per heavy atom. The van der Waals surface area contributed by atoms with E-state index in [0.717, 1.165) is 16.4 Å². The zero-order valence-corrected chi connectivity index (χ0v) is 16.4.